The highest BCUT2D eigenvalue weighted by Crippen LogP contribution is 2.31. The Labute approximate surface area is 125 Å². The third-order valence-electron chi connectivity index (χ3n) is 4.32. The number of para-hydroxylation sites is 1. The van der Waals surface area contributed by atoms with E-state index in [4.69, 9.17) is 0 Å². The van der Waals surface area contributed by atoms with Gasteiger partial charge in [-0.15, -0.1) is 0 Å². The number of benzene rings is 1. The van der Waals surface area contributed by atoms with Crippen molar-refractivity contribution in [2.45, 2.75) is 32.2 Å². The van der Waals surface area contributed by atoms with E-state index in [1.165, 1.54) is 11.8 Å². The Morgan fingerprint density at radius 3 is 2.24 bits per heavy atom. The lowest BCUT2D eigenvalue weighted by atomic mass is 9.85. The lowest BCUT2D eigenvalue weighted by Crippen LogP contribution is -2.61. The molecule has 1 aliphatic rings. The van der Waals surface area contributed by atoms with Gasteiger partial charge in [0, 0.05) is 32.2 Å². The first-order valence-electron chi connectivity index (χ1n) is 7.33. The zero-order chi connectivity index (χ0) is 15.5. The predicted molar refractivity (Wildman–Crippen MR) is 81.3 cm³/mol. The monoisotopic (exact) mass is 290 g/mol. The third-order valence-corrected chi connectivity index (χ3v) is 4.32. The molecular weight excluding hydrogens is 268 g/mol. The maximum absolute atomic E-state index is 11.8. The molecule has 1 amide bonds. The van der Waals surface area contributed by atoms with Crippen LogP contribution in [0.25, 0.3) is 0 Å². The van der Waals surface area contributed by atoms with Crippen molar-refractivity contribution in [2.75, 3.05) is 24.5 Å². The first-order chi connectivity index (χ1) is 10.0. The highest BCUT2D eigenvalue weighted by molar-refractivity contribution is 5.86. The number of anilines is 1. The molecule has 0 bridgehead atoms. The van der Waals surface area contributed by atoms with Gasteiger partial charge in [0.25, 0.3) is 0 Å². The Kier molecular flexibility index (Phi) is 4.50. The number of hydrogen-bond donors (Lipinski definition) is 1. The summed E-state index contributed by atoms with van der Waals surface area (Å²) in [6, 6.07) is 9.96. The number of carbonyl (C=O) groups is 2. The van der Waals surface area contributed by atoms with Crippen LogP contribution in [0.1, 0.15) is 26.7 Å². The second-order valence-corrected chi connectivity index (χ2v) is 5.42. The molecule has 0 spiro atoms. The maximum Gasteiger partial charge on any atom is 0.329 e. The van der Waals surface area contributed by atoms with Crippen molar-refractivity contribution >= 4 is 17.6 Å². The Balaban J connectivity index is 2.18. The SMILES string of the molecule is CCN(C(C)=O)C1(C(=O)O)CCN(c2ccccc2)CC1. The highest BCUT2D eigenvalue weighted by atomic mass is 16.4. The predicted octanol–water partition coefficient (Wildman–Crippen LogP) is 1.98. The van der Waals surface area contributed by atoms with Crippen LogP contribution >= 0.6 is 0 Å². The molecule has 1 saturated heterocycles. The van der Waals surface area contributed by atoms with Crippen LogP contribution in [0.4, 0.5) is 5.69 Å². The van der Waals surface area contributed by atoms with E-state index < -0.39 is 11.5 Å². The largest absolute Gasteiger partial charge is 0.479 e. The standard InChI is InChI=1S/C16H22N2O3/c1-3-18(13(2)19)16(15(20)21)9-11-17(12-10-16)14-7-5-4-6-8-14/h4-8H,3,9-12H2,1-2H3,(H,20,21). The molecule has 5 nitrogen and oxygen atoms in total. The summed E-state index contributed by atoms with van der Waals surface area (Å²) in [6.07, 6.45) is 0.898. The van der Waals surface area contributed by atoms with E-state index in [-0.39, 0.29) is 5.91 Å². The number of carboxylic acid groups (broad SMARTS) is 1. The molecule has 0 unspecified atom stereocenters. The van der Waals surface area contributed by atoms with Crippen molar-refractivity contribution in [3.05, 3.63) is 30.3 Å². The summed E-state index contributed by atoms with van der Waals surface area (Å²) < 4.78 is 0. The Bertz CT molecular complexity index is 508. The van der Waals surface area contributed by atoms with Crippen molar-refractivity contribution in [3.63, 3.8) is 0 Å². The lowest BCUT2D eigenvalue weighted by molar-refractivity contribution is -0.160. The fourth-order valence-electron chi connectivity index (χ4n) is 3.20. The van der Waals surface area contributed by atoms with Crippen LogP contribution in [0.3, 0.4) is 0 Å². The van der Waals surface area contributed by atoms with Crippen molar-refractivity contribution in [1.82, 2.24) is 4.90 Å². The Morgan fingerprint density at radius 2 is 1.81 bits per heavy atom. The van der Waals surface area contributed by atoms with Gasteiger partial charge in [0.1, 0.15) is 5.54 Å². The molecule has 1 aromatic rings. The minimum Gasteiger partial charge on any atom is -0.479 e. The zero-order valence-electron chi connectivity index (χ0n) is 12.6. The Morgan fingerprint density at radius 1 is 1.24 bits per heavy atom. The first kappa shape index (κ1) is 15.4. The van der Waals surface area contributed by atoms with Crippen LogP contribution in [0.2, 0.25) is 0 Å². The van der Waals surface area contributed by atoms with Crippen LogP contribution in [-0.4, -0.2) is 47.1 Å². The zero-order valence-corrected chi connectivity index (χ0v) is 12.6. The quantitative estimate of drug-likeness (QED) is 0.921. The van der Waals surface area contributed by atoms with Crippen LogP contribution in [0.15, 0.2) is 30.3 Å². The molecule has 0 atom stereocenters. The number of nitrogens with zero attached hydrogens (tertiary/aromatic N) is 2. The molecule has 0 aromatic heterocycles. The topological polar surface area (TPSA) is 60.9 Å². The Hall–Kier alpha value is -2.04. The van der Waals surface area contributed by atoms with Crippen LogP contribution < -0.4 is 4.90 Å². The molecule has 0 aliphatic carbocycles. The van der Waals surface area contributed by atoms with E-state index in [2.05, 4.69) is 4.90 Å². The smallest absolute Gasteiger partial charge is 0.329 e. The molecule has 1 heterocycles. The van der Waals surface area contributed by atoms with Gasteiger partial charge >= 0.3 is 5.97 Å². The number of piperidine rings is 1. The summed E-state index contributed by atoms with van der Waals surface area (Å²) >= 11 is 0. The van der Waals surface area contributed by atoms with E-state index in [9.17, 15) is 14.7 Å². The minimum atomic E-state index is -1.06. The van der Waals surface area contributed by atoms with Crippen molar-refractivity contribution in [2.24, 2.45) is 0 Å². The molecule has 1 aliphatic heterocycles. The summed E-state index contributed by atoms with van der Waals surface area (Å²) in [5.41, 5.74) is 0.0358. The van der Waals surface area contributed by atoms with Gasteiger partial charge < -0.3 is 14.9 Å². The molecule has 5 heteroatoms. The lowest BCUT2D eigenvalue weighted by Gasteiger charge is -2.45. The maximum atomic E-state index is 11.8. The fourth-order valence-corrected chi connectivity index (χ4v) is 3.20. The van der Waals surface area contributed by atoms with Gasteiger partial charge in [0.2, 0.25) is 5.91 Å². The van der Waals surface area contributed by atoms with Gasteiger partial charge in [-0.2, -0.15) is 0 Å². The van der Waals surface area contributed by atoms with E-state index in [1.807, 2.05) is 37.3 Å². The molecule has 1 aromatic carbocycles. The fraction of sp³-hybridized carbons (Fsp3) is 0.500. The highest BCUT2D eigenvalue weighted by Gasteiger charge is 2.47. The second-order valence-electron chi connectivity index (χ2n) is 5.42. The number of carboxylic acids is 1. The minimum absolute atomic E-state index is 0.173. The second kappa shape index (κ2) is 6.16. The number of hydrogen-bond acceptors (Lipinski definition) is 3. The average Bonchev–Trinajstić information content (AvgIpc) is 2.49. The normalized spacial score (nSPS) is 17.3. The molecule has 114 valence electrons. The van der Waals surface area contributed by atoms with Crippen molar-refractivity contribution < 1.29 is 14.7 Å². The van der Waals surface area contributed by atoms with Gasteiger partial charge in [-0.25, -0.2) is 4.79 Å². The summed E-state index contributed by atoms with van der Waals surface area (Å²) in [7, 11) is 0. The molecule has 0 radical (unpaired) electrons. The average molecular weight is 290 g/mol. The molecule has 21 heavy (non-hydrogen) atoms. The summed E-state index contributed by atoms with van der Waals surface area (Å²) in [5, 5.41) is 9.68. The molecule has 0 saturated carbocycles. The summed E-state index contributed by atoms with van der Waals surface area (Å²) in [6.45, 7) is 4.97. The molecule has 1 N–H and O–H groups in total. The first-order valence-corrected chi connectivity index (χ1v) is 7.33. The van der Waals surface area contributed by atoms with E-state index in [1.54, 1.807) is 0 Å². The van der Waals surface area contributed by atoms with Crippen molar-refractivity contribution in [3.8, 4) is 0 Å². The van der Waals surface area contributed by atoms with Gasteiger partial charge in [0.05, 0.1) is 0 Å². The van der Waals surface area contributed by atoms with Gasteiger partial charge in [-0.05, 0) is 31.9 Å². The number of carbonyl (C=O) groups excluding carboxylic acids is 1. The van der Waals surface area contributed by atoms with Crippen LogP contribution in [-0.2, 0) is 9.59 Å². The summed E-state index contributed by atoms with van der Waals surface area (Å²) in [4.78, 5) is 27.3. The number of likely N-dealkylation sites (N-methyl/N-ethyl adjacent to an activating group) is 1. The van der Waals surface area contributed by atoms with Crippen LogP contribution in [0.5, 0.6) is 0 Å². The van der Waals surface area contributed by atoms with E-state index in [0.29, 0.717) is 32.5 Å². The molecule has 2 rings (SSSR count). The third kappa shape index (κ3) is 2.86. The number of aliphatic carboxylic acids is 1. The van der Waals surface area contributed by atoms with E-state index >= 15 is 0 Å². The van der Waals surface area contributed by atoms with Crippen molar-refractivity contribution in [1.29, 1.82) is 0 Å². The van der Waals surface area contributed by atoms with Gasteiger partial charge in [-0.3, -0.25) is 4.79 Å². The summed E-state index contributed by atoms with van der Waals surface area (Å²) in [5.74, 6) is -1.07. The molecule has 1 fully saturated rings. The molecular formula is C16H22N2O3. The number of rotatable bonds is 4. The van der Waals surface area contributed by atoms with E-state index in [0.717, 1.165) is 5.69 Å². The van der Waals surface area contributed by atoms with Gasteiger partial charge in [-0.1, -0.05) is 18.2 Å². The van der Waals surface area contributed by atoms with Crippen LogP contribution in [0, 0.1) is 0 Å². The van der Waals surface area contributed by atoms with Gasteiger partial charge in [0.15, 0.2) is 0 Å². The number of amides is 1.